The number of anilines is 1. The van der Waals surface area contributed by atoms with Crippen molar-refractivity contribution in [1.82, 2.24) is 4.90 Å². The number of benzene rings is 1. The summed E-state index contributed by atoms with van der Waals surface area (Å²) in [6.45, 7) is 4.43. The molecule has 136 valence electrons. The maximum absolute atomic E-state index is 12.2. The van der Waals surface area contributed by atoms with Crippen LogP contribution in [0.2, 0.25) is 0 Å². The Balaban J connectivity index is 0.00000529. The maximum atomic E-state index is 12.2. The number of ether oxygens (including phenoxy) is 1. The lowest BCUT2D eigenvalue weighted by atomic mass is 10.2. The van der Waals surface area contributed by atoms with Gasteiger partial charge in [-0.3, -0.25) is 9.59 Å². The molecule has 0 aliphatic rings. The number of rotatable bonds is 9. The van der Waals surface area contributed by atoms with Crippen LogP contribution in [0.1, 0.15) is 33.1 Å². The number of nitrogens with two attached hydrogens (primary N) is 1. The highest BCUT2D eigenvalue weighted by atomic mass is 35.5. The number of para-hydroxylation sites is 2. The standard InChI is InChI=1S/C17H27N3O3.ClH/c1-4-11-20(17(22)10-9-13(2)18)12-16(21)19-14-7-5-6-8-15(14)23-3;/h5-8,13H,4,9-12,18H2,1-3H3,(H,19,21);1H. The number of amides is 2. The highest BCUT2D eigenvalue weighted by molar-refractivity contribution is 5.95. The fourth-order valence-corrected chi connectivity index (χ4v) is 2.18. The van der Waals surface area contributed by atoms with E-state index in [4.69, 9.17) is 10.5 Å². The van der Waals surface area contributed by atoms with Gasteiger partial charge in [-0.1, -0.05) is 19.1 Å². The Hall–Kier alpha value is -1.79. The number of carbonyl (C=O) groups excluding carboxylic acids is 2. The molecule has 1 atom stereocenters. The summed E-state index contributed by atoms with van der Waals surface area (Å²) in [7, 11) is 1.55. The van der Waals surface area contributed by atoms with Crippen LogP contribution in [-0.4, -0.2) is 43.0 Å². The molecular formula is C17H28ClN3O3. The minimum atomic E-state index is -0.239. The molecule has 1 unspecified atom stereocenters. The summed E-state index contributed by atoms with van der Waals surface area (Å²) in [4.78, 5) is 26.0. The molecule has 0 saturated heterocycles. The Morgan fingerprint density at radius 2 is 2.00 bits per heavy atom. The summed E-state index contributed by atoms with van der Waals surface area (Å²) in [5, 5.41) is 2.79. The lowest BCUT2D eigenvalue weighted by Crippen LogP contribution is -2.39. The molecule has 1 rings (SSSR count). The van der Waals surface area contributed by atoms with Gasteiger partial charge in [0, 0.05) is 19.0 Å². The van der Waals surface area contributed by atoms with E-state index >= 15 is 0 Å². The molecule has 0 aliphatic carbocycles. The van der Waals surface area contributed by atoms with Crippen molar-refractivity contribution in [1.29, 1.82) is 0 Å². The van der Waals surface area contributed by atoms with Gasteiger partial charge in [0.1, 0.15) is 5.75 Å². The number of halogens is 1. The molecule has 0 saturated carbocycles. The summed E-state index contributed by atoms with van der Waals surface area (Å²) in [5.74, 6) is 0.308. The number of methoxy groups -OCH3 is 1. The van der Waals surface area contributed by atoms with E-state index in [1.807, 2.05) is 26.0 Å². The molecule has 24 heavy (non-hydrogen) atoms. The van der Waals surface area contributed by atoms with E-state index in [1.165, 1.54) is 0 Å². The second kappa shape index (κ2) is 11.7. The average Bonchev–Trinajstić information content (AvgIpc) is 2.52. The summed E-state index contributed by atoms with van der Waals surface area (Å²) in [6, 6.07) is 7.15. The lowest BCUT2D eigenvalue weighted by molar-refractivity contribution is -0.134. The first kappa shape index (κ1) is 22.2. The smallest absolute Gasteiger partial charge is 0.244 e. The average molecular weight is 358 g/mol. The van der Waals surface area contributed by atoms with E-state index in [0.29, 0.717) is 30.8 Å². The van der Waals surface area contributed by atoms with E-state index in [2.05, 4.69) is 5.32 Å². The minimum absolute atomic E-state index is 0. The van der Waals surface area contributed by atoms with E-state index < -0.39 is 0 Å². The van der Waals surface area contributed by atoms with Crippen LogP contribution in [0.5, 0.6) is 5.75 Å². The number of hydrogen-bond acceptors (Lipinski definition) is 4. The van der Waals surface area contributed by atoms with Crippen LogP contribution < -0.4 is 15.8 Å². The summed E-state index contributed by atoms with van der Waals surface area (Å²) >= 11 is 0. The molecule has 1 aromatic rings. The molecular weight excluding hydrogens is 330 g/mol. The predicted octanol–water partition coefficient (Wildman–Crippen LogP) is 2.42. The summed E-state index contributed by atoms with van der Waals surface area (Å²) in [6.07, 6.45) is 1.78. The van der Waals surface area contributed by atoms with E-state index in [-0.39, 0.29) is 36.8 Å². The van der Waals surface area contributed by atoms with Gasteiger partial charge in [-0.2, -0.15) is 0 Å². The zero-order chi connectivity index (χ0) is 17.2. The van der Waals surface area contributed by atoms with Crippen molar-refractivity contribution in [2.75, 3.05) is 25.5 Å². The SMILES string of the molecule is CCCN(CC(=O)Nc1ccccc1OC)C(=O)CCC(C)N.Cl. The molecule has 0 radical (unpaired) electrons. The van der Waals surface area contributed by atoms with Crippen molar-refractivity contribution < 1.29 is 14.3 Å². The quantitative estimate of drug-likeness (QED) is 0.710. The molecule has 7 heteroatoms. The third-order valence-corrected chi connectivity index (χ3v) is 3.38. The Kier molecular flexibility index (Phi) is 10.8. The highest BCUT2D eigenvalue weighted by Gasteiger charge is 2.17. The third-order valence-electron chi connectivity index (χ3n) is 3.38. The number of hydrogen-bond donors (Lipinski definition) is 2. The van der Waals surface area contributed by atoms with Crippen LogP contribution in [0.15, 0.2) is 24.3 Å². The lowest BCUT2D eigenvalue weighted by Gasteiger charge is -2.22. The topological polar surface area (TPSA) is 84.7 Å². The van der Waals surface area contributed by atoms with E-state index in [1.54, 1.807) is 24.1 Å². The highest BCUT2D eigenvalue weighted by Crippen LogP contribution is 2.22. The maximum Gasteiger partial charge on any atom is 0.244 e. The molecule has 0 heterocycles. The van der Waals surface area contributed by atoms with Gasteiger partial charge in [0.25, 0.3) is 0 Å². The van der Waals surface area contributed by atoms with Crippen LogP contribution in [0.3, 0.4) is 0 Å². The van der Waals surface area contributed by atoms with E-state index in [9.17, 15) is 9.59 Å². The molecule has 2 amide bonds. The molecule has 0 aliphatic heterocycles. The first-order valence-electron chi connectivity index (χ1n) is 7.94. The normalized spacial score (nSPS) is 11.2. The number of nitrogens with one attached hydrogen (secondary N) is 1. The van der Waals surface area contributed by atoms with Gasteiger partial charge in [0.2, 0.25) is 11.8 Å². The minimum Gasteiger partial charge on any atom is -0.495 e. The number of nitrogens with zero attached hydrogens (tertiary/aromatic N) is 1. The van der Waals surface area contributed by atoms with E-state index in [0.717, 1.165) is 6.42 Å². The molecule has 3 N–H and O–H groups in total. The zero-order valence-corrected chi connectivity index (χ0v) is 15.4. The Morgan fingerprint density at radius 1 is 1.33 bits per heavy atom. The van der Waals surface area contributed by atoms with Crippen LogP contribution >= 0.6 is 12.4 Å². The van der Waals surface area contributed by atoms with Crippen molar-refractivity contribution in [2.45, 2.75) is 39.2 Å². The fraction of sp³-hybridized carbons (Fsp3) is 0.529. The van der Waals surface area contributed by atoms with Crippen molar-refractivity contribution in [2.24, 2.45) is 5.73 Å². The Labute approximate surface area is 150 Å². The van der Waals surface area contributed by atoms with Crippen LogP contribution in [0.25, 0.3) is 0 Å². The fourth-order valence-electron chi connectivity index (χ4n) is 2.18. The van der Waals surface area contributed by atoms with Crippen LogP contribution in [-0.2, 0) is 9.59 Å². The van der Waals surface area contributed by atoms with Crippen molar-refractivity contribution in [3.8, 4) is 5.75 Å². The first-order chi connectivity index (χ1) is 11.0. The zero-order valence-electron chi connectivity index (χ0n) is 14.6. The van der Waals surface area contributed by atoms with Gasteiger partial charge in [-0.15, -0.1) is 12.4 Å². The molecule has 0 spiro atoms. The molecule has 0 bridgehead atoms. The van der Waals surface area contributed by atoms with Crippen molar-refractivity contribution in [3.05, 3.63) is 24.3 Å². The number of carbonyl (C=O) groups is 2. The molecule has 0 aromatic heterocycles. The monoisotopic (exact) mass is 357 g/mol. The molecule has 1 aromatic carbocycles. The Morgan fingerprint density at radius 3 is 2.58 bits per heavy atom. The van der Waals surface area contributed by atoms with Gasteiger partial charge >= 0.3 is 0 Å². The van der Waals surface area contributed by atoms with Gasteiger partial charge in [0.15, 0.2) is 0 Å². The molecule has 6 nitrogen and oxygen atoms in total. The van der Waals surface area contributed by atoms with Crippen LogP contribution in [0, 0.1) is 0 Å². The summed E-state index contributed by atoms with van der Waals surface area (Å²) in [5.41, 5.74) is 6.28. The third kappa shape index (κ3) is 7.66. The van der Waals surface area contributed by atoms with Crippen molar-refractivity contribution in [3.63, 3.8) is 0 Å². The van der Waals surface area contributed by atoms with Gasteiger partial charge in [0.05, 0.1) is 19.3 Å². The van der Waals surface area contributed by atoms with Crippen molar-refractivity contribution >= 4 is 29.9 Å². The van der Waals surface area contributed by atoms with Crippen LogP contribution in [0.4, 0.5) is 5.69 Å². The largest absolute Gasteiger partial charge is 0.495 e. The van der Waals surface area contributed by atoms with Gasteiger partial charge < -0.3 is 20.7 Å². The van der Waals surface area contributed by atoms with Gasteiger partial charge in [-0.25, -0.2) is 0 Å². The predicted molar refractivity (Wildman–Crippen MR) is 98.6 cm³/mol. The second-order valence-corrected chi connectivity index (χ2v) is 5.58. The summed E-state index contributed by atoms with van der Waals surface area (Å²) < 4.78 is 5.20. The second-order valence-electron chi connectivity index (χ2n) is 5.58. The molecule has 0 fully saturated rings. The van der Waals surface area contributed by atoms with Gasteiger partial charge in [-0.05, 0) is 31.9 Å². The first-order valence-corrected chi connectivity index (χ1v) is 7.94. The Bertz CT molecular complexity index is 524.